The first-order valence-corrected chi connectivity index (χ1v) is 9.27. The minimum Gasteiger partial charge on any atom is -0.492 e. The maximum absolute atomic E-state index is 9.14. The molecule has 3 aromatic rings. The molecular formula is C22H28N2O2. The molecule has 4 heteroatoms. The molecule has 0 amide bonds. The zero-order chi connectivity index (χ0) is 18.6. The third-order valence-corrected chi connectivity index (χ3v) is 4.60. The number of ether oxygens (including phenoxy) is 1. The third kappa shape index (κ3) is 4.25. The molecule has 138 valence electrons. The Morgan fingerprint density at radius 3 is 2.46 bits per heavy atom. The SMILES string of the molecule is CC(C)(C)c1ccc(OCCn2c(CCCO)nc3ccccc32)cc1. The Balaban J connectivity index is 1.69. The van der Waals surface area contributed by atoms with E-state index in [-0.39, 0.29) is 12.0 Å². The summed E-state index contributed by atoms with van der Waals surface area (Å²) in [5, 5.41) is 9.14. The number of aliphatic hydroxyl groups excluding tert-OH is 1. The molecule has 0 fully saturated rings. The smallest absolute Gasteiger partial charge is 0.119 e. The van der Waals surface area contributed by atoms with Crippen LogP contribution in [0.25, 0.3) is 11.0 Å². The number of fused-ring (bicyclic) bond motifs is 1. The van der Waals surface area contributed by atoms with Crippen molar-refractivity contribution in [3.8, 4) is 5.75 Å². The van der Waals surface area contributed by atoms with E-state index in [1.807, 2.05) is 30.3 Å². The molecule has 2 aromatic carbocycles. The minimum atomic E-state index is 0.149. The molecule has 0 unspecified atom stereocenters. The van der Waals surface area contributed by atoms with Gasteiger partial charge in [0.1, 0.15) is 18.2 Å². The molecule has 0 spiro atoms. The van der Waals surface area contributed by atoms with E-state index in [0.29, 0.717) is 6.61 Å². The molecule has 0 radical (unpaired) electrons. The van der Waals surface area contributed by atoms with E-state index < -0.39 is 0 Å². The fraction of sp³-hybridized carbons (Fsp3) is 0.409. The summed E-state index contributed by atoms with van der Waals surface area (Å²) in [6.45, 7) is 8.13. The average Bonchev–Trinajstić information content (AvgIpc) is 2.97. The van der Waals surface area contributed by atoms with Gasteiger partial charge in [-0.15, -0.1) is 0 Å². The largest absolute Gasteiger partial charge is 0.492 e. The van der Waals surface area contributed by atoms with Crippen molar-refractivity contribution in [3.05, 3.63) is 59.9 Å². The minimum absolute atomic E-state index is 0.149. The molecule has 0 aliphatic rings. The second kappa shape index (κ2) is 7.92. The van der Waals surface area contributed by atoms with Crippen molar-refractivity contribution < 1.29 is 9.84 Å². The molecule has 0 atom stereocenters. The summed E-state index contributed by atoms with van der Waals surface area (Å²) in [7, 11) is 0. The van der Waals surface area contributed by atoms with Gasteiger partial charge in [0.15, 0.2) is 0 Å². The highest BCUT2D eigenvalue weighted by atomic mass is 16.5. The van der Waals surface area contributed by atoms with Gasteiger partial charge in [0.05, 0.1) is 17.6 Å². The molecular weight excluding hydrogens is 324 g/mol. The van der Waals surface area contributed by atoms with Crippen molar-refractivity contribution in [2.24, 2.45) is 0 Å². The lowest BCUT2D eigenvalue weighted by atomic mass is 9.87. The molecule has 3 rings (SSSR count). The van der Waals surface area contributed by atoms with Gasteiger partial charge in [0, 0.05) is 13.0 Å². The second-order valence-electron chi connectivity index (χ2n) is 7.62. The zero-order valence-electron chi connectivity index (χ0n) is 15.9. The van der Waals surface area contributed by atoms with E-state index >= 15 is 0 Å². The van der Waals surface area contributed by atoms with Crippen LogP contribution in [0.3, 0.4) is 0 Å². The van der Waals surface area contributed by atoms with E-state index in [9.17, 15) is 0 Å². The molecule has 1 aromatic heterocycles. The number of imidazole rings is 1. The predicted octanol–water partition coefficient (Wildman–Crippen LogP) is 4.34. The van der Waals surface area contributed by atoms with Crippen LogP contribution in [-0.2, 0) is 18.4 Å². The van der Waals surface area contributed by atoms with Gasteiger partial charge in [-0.3, -0.25) is 0 Å². The fourth-order valence-electron chi connectivity index (χ4n) is 3.11. The Morgan fingerprint density at radius 1 is 1.04 bits per heavy atom. The van der Waals surface area contributed by atoms with E-state index in [2.05, 4.69) is 43.5 Å². The third-order valence-electron chi connectivity index (χ3n) is 4.60. The van der Waals surface area contributed by atoms with Crippen LogP contribution in [0.5, 0.6) is 5.75 Å². The monoisotopic (exact) mass is 352 g/mol. The summed E-state index contributed by atoms with van der Waals surface area (Å²) in [5.74, 6) is 1.89. The van der Waals surface area contributed by atoms with Gasteiger partial charge >= 0.3 is 0 Å². The van der Waals surface area contributed by atoms with Crippen LogP contribution in [0.4, 0.5) is 0 Å². The van der Waals surface area contributed by atoms with Crippen molar-refractivity contribution in [2.45, 2.75) is 45.6 Å². The number of para-hydroxylation sites is 2. The van der Waals surface area contributed by atoms with E-state index in [4.69, 9.17) is 14.8 Å². The number of benzene rings is 2. The van der Waals surface area contributed by atoms with Gasteiger partial charge in [-0.25, -0.2) is 4.98 Å². The summed E-state index contributed by atoms with van der Waals surface area (Å²) in [5.41, 5.74) is 3.56. The lowest BCUT2D eigenvalue weighted by Crippen LogP contribution is -2.12. The van der Waals surface area contributed by atoms with Crippen LogP contribution in [0, 0.1) is 0 Å². The van der Waals surface area contributed by atoms with Crippen LogP contribution in [0.2, 0.25) is 0 Å². The molecule has 1 N–H and O–H groups in total. The van der Waals surface area contributed by atoms with Gasteiger partial charge in [0.25, 0.3) is 0 Å². The Labute approximate surface area is 155 Å². The summed E-state index contributed by atoms with van der Waals surface area (Å²) in [4.78, 5) is 4.71. The van der Waals surface area contributed by atoms with Crippen LogP contribution in [0.15, 0.2) is 48.5 Å². The molecule has 0 aliphatic heterocycles. The molecule has 1 heterocycles. The highest BCUT2D eigenvalue weighted by Crippen LogP contribution is 2.24. The number of hydrogen-bond donors (Lipinski definition) is 1. The zero-order valence-corrected chi connectivity index (χ0v) is 15.9. The predicted molar refractivity (Wildman–Crippen MR) is 106 cm³/mol. The molecule has 0 saturated heterocycles. The molecule has 0 bridgehead atoms. The van der Waals surface area contributed by atoms with Crippen LogP contribution >= 0.6 is 0 Å². The maximum atomic E-state index is 9.14. The average molecular weight is 352 g/mol. The summed E-state index contributed by atoms with van der Waals surface area (Å²) >= 11 is 0. The number of hydrogen-bond acceptors (Lipinski definition) is 3. The highest BCUT2D eigenvalue weighted by molar-refractivity contribution is 5.75. The van der Waals surface area contributed by atoms with Crippen LogP contribution < -0.4 is 4.74 Å². The number of aliphatic hydroxyl groups is 1. The van der Waals surface area contributed by atoms with Gasteiger partial charge in [0.2, 0.25) is 0 Å². The van der Waals surface area contributed by atoms with Crippen molar-refractivity contribution in [3.63, 3.8) is 0 Å². The summed E-state index contributed by atoms with van der Waals surface area (Å²) < 4.78 is 8.16. The first-order chi connectivity index (χ1) is 12.5. The van der Waals surface area contributed by atoms with Crippen LogP contribution in [0.1, 0.15) is 38.6 Å². The standard InChI is InChI=1S/C22H28N2O2/c1-22(2,3)17-10-12-18(13-11-17)26-16-14-24-20-8-5-4-7-19(20)23-21(24)9-6-15-25/h4-5,7-8,10-13,25H,6,9,14-16H2,1-3H3. The van der Waals surface area contributed by atoms with Crippen LogP contribution in [-0.4, -0.2) is 27.9 Å². The van der Waals surface area contributed by atoms with Crippen molar-refractivity contribution >= 4 is 11.0 Å². The van der Waals surface area contributed by atoms with Crippen molar-refractivity contribution in [1.82, 2.24) is 9.55 Å². The highest BCUT2D eigenvalue weighted by Gasteiger charge is 2.13. The van der Waals surface area contributed by atoms with Gasteiger partial charge in [-0.1, -0.05) is 45.0 Å². The summed E-state index contributed by atoms with van der Waals surface area (Å²) in [6.07, 6.45) is 1.49. The number of nitrogens with zero attached hydrogens (tertiary/aromatic N) is 2. The molecule has 26 heavy (non-hydrogen) atoms. The normalized spacial score (nSPS) is 11.8. The quantitative estimate of drug-likeness (QED) is 0.688. The van der Waals surface area contributed by atoms with E-state index in [1.54, 1.807) is 0 Å². The first kappa shape index (κ1) is 18.5. The Kier molecular flexibility index (Phi) is 5.62. The number of aryl methyl sites for hydroxylation is 1. The Morgan fingerprint density at radius 2 is 1.77 bits per heavy atom. The van der Waals surface area contributed by atoms with Gasteiger partial charge < -0.3 is 14.4 Å². The Hall–Kier alpha value is -2.33. The second-order valence-corrected chi connectivity index (χ2v) is 7.62. The van der Waals surface area contributed by atoms with E-state index in [0.717, 1.165) is 42.0 Å². The number of aromatic nitrogens is 2. The first-order valence-electron chi connectivity index (χ1n) is 9.27. The lowest BCUT2D eigenvalue weighted by molar-refractivity contribution is 0.283. The lowest BCUT2D eigenvalue weighted by Gasteiger charge is -2.19. The van der Waals surface area contributed by atoms with Crippen molar-refractivity contribution in [1.29, 1.82) is 0 Å². The molecule has 0 aliphatic carbocycles. The molecule has 4 nitrogen and oxygen atoms in total. The number of rotatable bonds is 7. The molecule has 0 saturated carbocycles. The Bertz CT molecular complexity index is 845. The topological polar surface area (TPSA) is 47.3 Å². The van der Waals surface area contributed by atoms with Crippen molar-refractivity contribution in [2.75, 3.05) is 13.2 Å². The van der Waals surface area contributed by atoms with Gasteiger partial charge in [-0.05, 0) is 41.7 Å². The fourth-order valence-corrected chi connectivity index (χ4v) is 3.11. The maximum Gasteiger partial charge on any atom is 0.119 e. The van der Waals surface area contributed by atoms with E-state index in [1.165, 1.54) is 5.56 Å². The van der Waals surface area contributed by atoms with Gasteiger partial charge in [-0.2, -0.15) is 0 Å². The summed E-state index contributed by atoms with van der Waals surface area (Å²) in [6, 6.07) is 16.5.